The summed E-state index contributed by atoms with van der Waals surface area (Å²) in [7, 11) is -1.46. The van der Waals surface area contributed by atoms with E-state index in [0.29, 0.717) is 0 Å². The molecule has 0 fully saturated rings. The van der Waals surface area contributed by atoms with Crippen LogP contribution in [0.1, 0.15) is 20.3 Å². The molecule has 0 heterocycles. The molecule has 0 saturated carbocycles. The Morgan fingerprint density at radius 1 is 1.32 bits per heavy atom. The van der Waals surface area contributed by atoms with Gasteiger partial charge in [-0.05, 0) is 13.8 Å². The molecule has 0 rings (SSSR count). The summed E-state index contributed by atoms with van der Waals surface area (Å²) in [5, 5.41) is 8.55. The number of rotatable bonds is 8. The van der Waals surface area contributed by atoms with Crippen molar-refractivity contribution in [3.8, 4) is 0 Å². The number of carbonyl (C=O) groups is 2. The van der Waals surface area contributed by atoms with Crippen molar-refractivity contribution >= 4 is 22.1 Å². The average molecular weight is 296 g/mol. The largest absolute Gasteiger partial charge is 0.481 e. The van der Waals surface area contributed by atoms with E-state index in [2.05, 4.69) is 4.74 Å². The van der Waals surface area contributed by atoms with Crippen molar-refractivity contribution in [2.24, 2.45) is 0 Å². The number of aliphatic carboxylic acids is 1. The van der Waals surface area contributed by atoms with Gasteiger partial charge in [0.25, 0.3) is 10.2 Å². The van der Waals surface area contributed by atoms with Crippen LogP contribution in [0.5, 0.6) is 0 Å². The Labute approximate surface area is 113 Å². The van der Waals surface area contributed by atoms with Gasteiger partial charge < -0.3 is 9.84 Å². The number of hydrogen-bond acceptors (Lipinski definition) is 5. The Morgan fingerprint density at radius 3 is 2.21 bits per heavy atom. The van der Waals surface area contributed by atoms with Crippen molar-refractivity contribution in [1.82, 2.24) is 8.61 Å². The molecule has 0 spiro atoms. The maximum Gasteiger partial charge on any atom is 0.321 e. The lowest BCUT2D eigenvalue weighted by atomic mass is 10.4. The van der Waals surface area contributed by atoms with Gasteiger partial charge in [-0.3, -0.25) is 9.59 Å². The van der Waals surface area contributed by atoms with Crippen LogP contribution in [0.25, 0.3) is 0 Å². The van der Waals surface area contributed by atoms with Crippen molar-refractivity contribution in [2.45, 2.75) is 26.3 Å². The van der Waals surface area contributed by atoms with E-state index in [9.17, 15) is 18.0 Å². The summed E-state index contributed by atoms with van der Waals surface area (Å²) in [5.41, 5.74) is 0. The van der Waals surface area contributed by atoms with Crippen LogP contribution in [0.4, 0.5) is 0 Å². The van der Waals surface area contributed by atoms with Crippen LogP contribution >= 0.6 is 0 Å². The van der Waals surface area contributed by atoms with E-state index in [1.807, 2.05) is 0 Å². The normalized spacial score (nSPS) is 12.2. The number of esters is 1. The van der Waals surface area contributed by atoms with Crippen molar-refractivity contribution in [2.75, 3.05) is 27.2 Å². The Kier molecular flexibility index (Phi) is 6.95. The molecule has 0 atom stereocenters. The molecule has 19 heavy (non-hydrogen) atoms. The first kappa shape index (κ1) is 17.8. The second-order valence-electron chi connectivity index (χ2n) is 4.19. The lowest BCUT2D eigenvalue weighted by molar-refractivity contribution is -0.141. The molecule has 0 aromatic heterocycles. The molecule has 9 heteroatoms. The Balaban J connectivity index is 4.97. The highest BCUT2D eigenvalue weighted by Crippen LogP contribution is 2.11. The molecule has 112 valence electrons. The fourth-order valence-electron chi connectivity index (χ4n) is 1.27. The summed E-state index contributed by atoms with van der Waals surface area (Å²) in [6.07, 6.45) is -0.306. The number of methoxy groups -OCH3 is 1. The third-order valence-electron chi connectivity index (χ3n) is 2.42. The van der Waals surface area contributed by atoms with Crippen LogP contribution in [0.15, 0.2) is 0 Å². The summed E-state index contributed by atoms with van der Waals surface area (Å²) < 4.78 is 30.7. The van der Waals surface area contributed by atoms with Crippen LogP contribution in [0, 0.1) is 0 Å². The molecule has 8 nitrogen and oxygen atoms in total. The van der Waals surface area contributed by atoms with Gasteiger partial charge in [-0.2, -0.15) is 17.0 Å². The zero-order valence-corrected chi connectivity index (χ0v) is 12.3. The molecule has 0 aromatic rings. The average Bonchev–Trinajstić information content (AvgIpc) is 2.31. The molecule has 0 saturated heterocycles. The molecule has 0 radical (unpaired) electrons. The standard InChI is InChI=1S/C10H20N2O6S/c1-8(2)12(7-10(15)18-4)19(16,17)11(3)6-5-9(13)14/h8H,5-7H2,1-4H3,(H,13,14). The van der Waals surface area contributed by atoms with Gasteiger partial charge in [-0.25, -0.2) is 0 Å². The first-order chi connectivity index (χ1) is 8.62. The molecule has 0 amide bonds. The Morgan fingerprint density at radius 2 is 1.84 bits per heavy atom. The van der Waals surface area contributed by atoms with E-state index in [0.717, 1.165) is 8.61 Å². The van der Waals surface area contributed by atoms with Crippen LogP contribution in [0.2, 0.25) is 0 Å². The third kappa shape index (κ3) is 5.53. The van der Waals surface area contributed by atoms with Crippen molar-refractivity contribution in [3.63, 3.8) is 0 Å². The van der Waals surface area contributed by atoms with Crippen LogP contribution in [-0.4, -0.2) is 67.4 Å². The first-order valence-corrected chi connectivity index (χ1v) is 7.04. The van der Waals surface area contributed by atoms with Gasteiger partial charge in [-0.1, -0.05) is 0 Å². The predicted molar refractivity (Wildman–Crippen MR) is 67.7 cm³/mol. The second-order valence-corrected chi connectivity index (χ2v) is 6.18. The van der Waals surface area contributed by atoms with Crippen molar-refractivity contribution < 1.29 is 27.9 Å². The lowest BCUT2D eigenvalue weighted by Crippen LogP contribution is -2.48. The van der Waals surface area contributed by atoms with Gasteiger partial charge in [0.05, 0.1) is 13.5 Å². The SMILES string of the molecule is COC(=O)CN(C(C)C)S(=O)(=O)N(C)CCC(=O)O. The smallest absolute Gasteiger partial charge is 0.321 e. The van der Waals surface area contributed by atoms with Crippen LogP contribution < -0.4 is 0 Å². The molecule has 0 unspecified atom stereocenters. The number of nitrogens with zero attached hydrogens (tertiary/aromatic N) is 2. The van der Waals surface area contributed by atoms with Crippen LogP contribution in [0.3, 0.4) is 0 Å². The van der Waals surface area contributed by atoms with Crippen molar-refractivity contribution in [3.05, 3.63) is 0 Å². The summed E-state index contributed by atoms with van der Waals surface area (Å²) in [4.78, 5) is 21.7. The molecule has 0 aliphatic heterocycles. The Bertz CT molecular complexity index is 420. The molecule has 0 aromatic carbocycles. The molecular weight excluding hydrogens is 276 g/mol. The van der Waals surface area contributed by atoms with Gasteiger partial charge in [-0.15, -0.1) is 0 Å². The van der Waals surface area contributed by atoms with Gasteiger partial charge in [0.2, 0.25) is 0 Å². The van der Waals surface area contributed by atoms with Crippen LogP contribution in [-0.2, 0) is 24.5 Å². The van der Waals surface area contributed by atoms with E-state index in [1.54, 1.807) is 13.8 Å². The number of carboxylic acids is 1. The van der Waals surface area contributed by atoms with E-state index in [4.69, 9.17) is 5.11 Å². The first-order valence-electron chi connectivity index (χ1n) is 5.64. The van der Waals surface area contributed by atoms with Gasteiger partial charge in [0.1, 0.15) is 6.54 Å². The molecule has 1 N–H and O–H groups in total. The van der Waals surface area contributed by atoms with Gasteiger partial charge in [0.15, 0.2) is 0 Å². The summed E-state index contributed by atoms with van der Waals surface area (Å²) in [6, 6.07) is -0.448. The predicted octanol–water partition coefficient (Wildman–Crippen LogP) is -0.479. The fourth-order valence-corrected chi connectivity index (χ4v) is 2.75. The van der Waals surface area contributed by atoms with E-state index in [1.165, 1.54) is 14.2 Å². The molecule has 0 aliphatic rings. The molecule has 0 bridgehead atoms. The summed E-state index contributed by atoms with van der Waals surface area (Å²) in [6.45, 7) is 2.66. The fraction of sp³-hybridized carbons (Fsp3) is 0.800. The highest BCUT2D eigenvalue weighted by molar-refractivity contribution is 7.86. The monoisotopic (exact) mass is 296 g/mol. The Hall–Kier alpha value is -1.19. The van der Waals surface area contributed by atoms with E-state index < -0.39 is 34.7 Å². The second kappa shape index (κ2) is 7.41. The maximum atomic E-state index is 12.2. The van der Waals surface area contributed by atoms with E-state index in [-0.39, 0.29) is 13.0 Å². The van der Waals surface area contributed by atoms with Crippen molar-refractivity contribution in [1.29, 1.82) is 0 Å². The molecular formula is C10H20N2O6S. The highest BCUT2D eigenvalue weighted by atomic mass is 32.2. The summed E-state index contributed by atoms with van der Waals surface area (Å²) >= 11 is 0. The number of carbonyl (C=O) groups excluding carboxylic acids is 1. The third-order valence-corrected chi connectivity index (χ3v) is 4.53. The minimum atomic E-state index is -3.90. The quantitative estimate of drug-likeness (QED) is 0.607. The highest BCUT2D eigenvalue weighted by Gasteiger charge is 2.31. The zero-order chi connectivity index (χ0) is 15.2. The lowest BCUT2D eigenvalue weighted by Gasteiger charge is -2.29. The number of ether oxygens (including phenoxy) is 1. The number of hydrogen-bond donors (Lipinski definition) is 1. The maximum absolute atomic E-state index is 12.2. The van der Waals surface area contributed by atoms with Gasteiger partial charge in [0, 0.05) is 19.6 Å². The zero-order valence-electron chi connectivity index (χ0n) is 11.5. The topological polar surface area (TPSA) is 104 Å². The summed E-state index contributed by atoms with van der Waals surface area (Å²) in [5.74, 6) is -1.77. The minimum absolute atomic E-state index is 0.165. The number of carboxylic acid groups (broad SMARTS) is 1. The van der Waals surface area contributed by atoms with E-state index >= 15 is 0 Å². The van der Waals surface area contributed by atoms with Gasteiger partial charge >= 0.3 is 11.9 Å². The minimum Gasteiger partial charge on any atom is -0.481 e. The molecule has 0 aliphatic carbocycles.